The quantitative estimate of drug-likeness (QED) is 0.557. The number of Topliss-reactive ketones (excluding diaryl/α,β-unsaturated/α-hetero) is 1. The van der Waals surface area contributed by atoms with Crippen LogP contribution in [0.4, 0.5) is 11.6 Å². The Bertz CT molecular complexity index is 1020. The SMILES string of the molecule is CC(=O)Cc1ccc(Nc2nc3ccccc3n2[C@@H]2C[C@H](C)CC(C)(C)C2)cc1. The second kappa shape index (κ2) is 7.66. The third-order valence-corrected chi connectivity index (χ3v) is 5.99. The largest absolute Gasteiger partial charge is 0.326 e. The van der Waals surface area contributed by atoms with Crippen molar-refractivity contribution in [1.29, 1.82) is 0 Å². The van der Waals surface area contributed by atoms with Crippen LogP contribution in [-0.2, 0) is 11.2 Å². The molecule has 0 spiro atoms. The van der Waals surface area contributed by atoms with Gasteiger partial charge < -0.3 is 9.88 Å². The number of hydrogen-bond acceptors (Lipinski definition) is 3. The van der Waals surface area contributed by atoms with Crippen LogP contribution in [0.25, 0.3) is 11.0 Å². The van der Waals surface area contributed by atoms with E-state index in [2.05, 4.69) is 48.9 Å². The topological polar surface area (TPSA) is 46.9 Å². The molecule has 1 fully saturated rings. The minimum absolute atomic E-state index is 0.182. The summed E-state index contributed by atoms with van der Waals surface area (Å²) < 4.78 is 2.41. The molecule has 1 heterocycles. The summed E-state index contributed by atoms with van der Waals surface area (Å²) in [6.45, 7) is 8.76. The van der Waals surface area contributed by atoms with Crippen LogP contribution in [0.1, 0.15) is 58.6 Å². The Morgan fingerprint density at radius 3 is 2.55 bits per heavy atom. The lowest BCUT2D eigenvalue weighted by molar-refractivity contribution is -0.116. The molecule has 0 radical (unpaired) electrons. The average Bonchev–Trinajstić information content (AvgIpc) is 2.99. The number of para-hydroxylation sites is 2. The molecule has 0 aliphatic heterocycles. The lowest BCUT2D eigenvalue weighted by Gasteiger charge is -2.40. The summed E-state index contributed by atoms with van der Waals surface area (Å²) in [5.74, 6) is 1.78. The Balaban J connectivity index is 1.69. The number of imidazole rings is 1. The maximum atomic E-state index is 11.4. The number of aromatic nitrogens is 2. The van der Waals surface area contributed by atoms with E-state index >= 15 is 0 Å². The highest BCUT2D eigenvalue weighted by Gasteiger charge is 2.34. The molecule has 0 unspecified atom stereocenters. The van der Waals surface area contributed by atoms with Gasteiger partial charge in [-0.3, -0.25) is 4.79 Å². The predicted molar refractivity (Wildman–Crippen MR) is 120 cm³/mol. The van der Waals surface area contributed by atoms with Crippen LogP contribution < -0.4 is 5.32 Å². The van der Waals surface area contributed by atoms with Crippen molar-refractivity contribution < 1.29 is 4.79 Å². The maximum Gasteiger partial charge on any atom is 0.208 e. The van der Waals surface area contributed by atoms with Crippen LogP contribution in [0.15, 0.2) is 48.5 Å². The lowest BCUT2D eigenvalue weighted by Crippen LogP contribution is -2.29. The fourth-order valence-corrected chi connectivity index (χ4v) is 5.12. The van der Waals surface area contributed by atoms with Crippen LogP contribution in [0, 0.1) is 11.3 Å². The van der Waals surface area contributed by atoms with Crippen molar-refractivity contribution in [3.8, 4) is 0 Å². The molecule has 1 N–H and O–H groups in total. The van der Waals surface area contributed by atoms with Gasteiger partial charge >= 0.3 is 0 Å². The van der Waals surface area contributed by atoms with Crippen LogP contribution in [-0.4, -0.2) is 15.3 Å². The van der Waals surface area contributed by atoms with Crippen molar-refractivity contribution >= 4 is 28.5 Å². The van der Waals surface area contributed by atoms with E-state index in [1.165, 1.54) is 18.4 Å². The fourth-order valence-electron chi connectivity index (χ4n) is 5.12. The number of benzene rings is 2. The fraction of sp³-hybridized carbons (Fsp3) is 0.440. The molecule has 152 valence electrons. The molecule has 1 aromatic heterocycles. The highest BCUT2D eigenvalue weighted by molar-refractivity contribution is 5.80. The number of rotatable bonds is 5. The van der Waals surface area contributed by atoms with Crippen molar-refractivity contribution in [1.82, 2.24) is 9.55 Å². The first kappa shape index (κ1) is 19.7. The third kappa shape index (κ3) is 4.36. The minimum Gasteiger partial charge on any atom is -0.326 e. The van der Waals surface area contributed by atoms with Gasteiger partial charge in [-0.25, -0.2) is 4.98 Å². The summed E-state index contributed by atoms with van der Waals surface area (Å²) in [5.41, 5.74) is 4.59. The number of nitrogens with one attached hydrogen (secondary N) is 1. The van der Waals surface area contributed by atoms with E-state index in [0.717, 1.165) is 29.1 Å². The van der Waals surface area contributed by atoms with Gasteiger partial charge in [-0.05, 0) is 67.3 Å². The van der Waals surface area contributed by atoms with Gasteiger partial charge in [0, 0.05) is 18.2 Å². The number of hydrogen-bond donors (Lipinski definition) is 1. The van der Waals surface area contributed by atoms with Gasteiger partial charge in [-0.15, -0.1) is 0 Å². The van der Waals surface area contributed by atoms with E-state index in [1.54, 1.807) is 6.92 Å². The zero-order valence-corrected chi connectivity index (χ0v) is 17.9. The van der Waals surface area contributed by atoms with E-state index in [4.69, 9.17) is 4.98 Å². The summed E-state index contributed by atoms with van der Waals surface area (Å²) in [6.07, 6.45) is 4.09. The number of nitrogens with zero attached hydrogens (tertiary/aromatic N) is 2. The van der Waals surface area contributed by atoms with Crippen LogP contribution >= 0.6 is 0 Å². The molecule has 1 aliphatic carbocycles. The summed E-state index contributed by atoms with van der Waals surface area (Å²) in [6, 6.07) is 16.9. The van der Waals surface area contributed by atoms with Crippen molar-refractivity contribution in [2.45, 2.75) is 59.4 Å². The van der Waals surface area contributed by atoms with Gasteiger partial charge in [-0.1, -0.05) is 45.0 Å². The van der Waals surface area contributed by atoms with Crippen LogP contribution in [0.3, 0.4) is 0 Å². The van der Waals surface area contributed by atoms with E-state index in [-0.39, 0.29) is 5.78 Å². The first-order valence-corrected chi connectivity index (χ1v) is 10.6. The second-order valence-electron chi connectivity index (χ2n) is 9.56. The number of anilines is 2. The molecule has 1 aliphatic rings. The lowest BCUT2D eigenvalue weighted by atomic mass is 9.70. The van der Waals surface area contributed by atoms with E-state index in [0.29, 0.717) is 23.8 Å². The molecule has 4 rings (SSSR count). The number of fused-ring (bicyclic) bond motifs is 1. The molecule has 4 heteroatoms. The molecular weight excluding hydrogens is 358 g/mol. The van der Waals surface area contributed by atoms with Gasteiger partial charge in [0.15, 0.2) is 0 Å². The van der Waals surface area contributed by atoms with Crippen LogP contribution in [0.2, 0.25) is 0 Å². The van der Waals surface area contributed by atoms with Gasteiger partial charge in [-0.2, -0.15) is 0 Å². The first-order valence-electron chi connectivity index (χ1n) is 10.6. The van der Waals surface area contributed by atoms with E-state index in [1.807, 2.05) is 30.3 Å². The molecular formula is C25H31N3O. The van der Waals surface area contributed by atoms with E-state index in [9.17, 15) is 4.79 Å². The van der Waals surface area contributed by atoms with Crippen LogP contribution in [0.5, 0.6) is 0 Å². The molecule has 2 aromatic carbocycles. The first-order chi connectivity index (χ1) is 13.8. The number of carbonyl (C=O) groups is 1. The molecule has 0 amide bonds. The van der Waals surface area contributed by atoms with Crippen molar-refractivity contribution in [3.05, 3.63) is 54.1 Å². The maximum absolute atomic E-state index is 11.4. The molecule has 0 saturated heterocycles. The third-order valence-electron chi connectivity index (χ3n) is 5.99. The molecule has 3 aromatic rings. The normalized spacial score (nSPS) is 21.2. The summed E-state index contributed by atoms with van der Waals surface area (Å²) in [4.78, 5) is 16.3. The van der Waals surface area contributed by atoms with Gasteiger partial charge in [0.05, 0.1) is 11.0 Å². The highest BCUT2D eigenvalue weighted by atomic mass is 16.1. The van der Waals surface area contributed by atoms with Crippen molar-refractivity contribution in [2.24, 2.45) is 11.3 Å². The minimum atomic E-state index is 0.182. The average molecular weight is 390 g/mol. The molecule has 4 nitrogen and oxygen atoms in total. The Morgan fingerprint density at radius 1 is 1.14 bits per heavy atom. The Morgan fingerprint density at radius 2 is 1.86 bits per heavy atom. The van der Waals surface area contributed by atoms with Gasteiger partial charge in [0.2, 0.25) is 5.95 Å². The molecule has 2 atom stereocenters. The zero-order valence-electron chi connectivity index (χ0n) is 17.9. The molecule has 29 heavy (non-hydrogen) atoms. The predicted octanol–water partition coefficient (Wildman–Crippen LogP) is 6.30. The summed E-state index contributed by atoms with van der Waals surface area (Å²) in [5, 5.41) is 3.55. The second-order valence-corrected chi connectivity index (χ2v) is 9.56. The van der Waals surface area contributed by atoms with Crippen molar-refractivity contribution in [3.63, 3.8) is 0 Å². The monoisotopic (exact) mass is 389 g/mol. The van der Waals surface area contributed by atoms with E-state index < -0.39 is 0 Å². The Labute approximate surface area is 173 Å². The molecule has 0 bridgehead atoms. The Hall–Kier alpha value is -2.62. The number of carbonyl (C=O) groups excluding carboxylic acids is 1. The highest BCUT2D eigenvalue weighted by Crippen LogP contribution is 2.46. The van der Waals surface area contributed by atoms with Gasteiger partial charge in [0.25, 0.3) is 0 Å². The van der Waals surface area contributed by atoms with Gasteiger partial charge in [0.1, 0.15) is 5.78 Å². The zero-order chi connectivity index (χ0) is 20.6. The summed E-state index contributed by atoms with van der Waals surface area (Å²) >= 11 is 0. The summed E-state index contributed by atoms with van der Waals surface area (Å²) in [7, 11) is 0. The number of ketones is 1. The standard InChI is InChI=1S/C25H31N3O/c1-17-13-21(16-25(3,4)15-17)28-23-8-6-5-7-22(23)27-24(28)26-20-11-9-19(10-12-20)14-18(2)29/h5-12,17,21H,13-16H2,1-4H3,(H,26,27)/t17-,21+/m0/s1. The molecule has 1 saturated carbocycles. The van der Waals surface area contributed by atoms with Crippen molar-refractivity contribution in [2.75, 3.05) is 5.32 Å². The Kier molecular flexibility index (Phi) is 5.20. The smallest absolute Gasteiger partial charge is 0.208 e.